The third-order valence-electron chi connectivity index (χ3n) is 4.30. The second-order valence-corrected chi connectivity index (χ2v) is 6.44. The van der Waals surface area contributed by atoms with Crippen LogP contribution in [0.3, 0.4) is 0 Å². The summed E-state index contributed by atoms with van der Waals surface area (Å²) in [5.74, 6) is 1.72. The Balaban J connectivity index is 1.60. The maximum Gasteiger partial charge on any atom is 0.337 e. The number of rotatable bonds is 8. The number of benzene rings is 2. The number of nitrogens with one attached hydrogen (secondary N) is 2. The SMILES string of the molecule is COC(=O)c1ccc(Nc2nc(C)cc(NCCc3ccc(OC)cc3)n2)cc1. The summed E-state index contributed by atoms with van der Waals surface area (Å²) in [5.41, 5.74) is 3.34. The van der Waals surface area contributed by atoms with Crippen LogP contribution in [0.4, 0.5) is 17.5 Å². The smallest absolute Gasteiger partial charge is 0.337 e. The number of anilines is 3. The van der Waals surface area contributed by atoms with Gasteiger partial charge in [-0.1, -0.05) is 12.1 Å². The van der Waals surface area contributed by atoms with Gasteiger partial charge in [0.2, 0.25) is 5.95 Å². The molecular formula is C22H24N4O3. The predicted molar refractivity (Wildman–Crippen MR) is 113 cm³/mol. The Bertz CT molecular complexity index is 957. The van der Waals surface area contributed by atoms with Crippen molar-refractivity contribution in [3.05, 3.63) is 71.4 Å². The van der Waals surface area contributed by atoms with Crippen LogP contribution in [0.15, 0.2) is 54.6 Å². The first kappa shape index (κ1) is 20.1. The maximum absolute atomic E-state index is 11.5. The highest BCUT2D eigenvalue weighted by Crippen LogP contribution is 2.17. The van der Waals surface area contributed by atoms with E-state index in [1.807, 2.05) is 25.1 Å². The first-order chi connectivity index (χ1) is 14.1. The van der Waals surface area contributed by atoms with Gasteiger partial charge in [-0.25, -0.2) is 9.78 Å². The van der Waals surface area contributed by atoms with Crippen molar-refractivity contribution in [3.8, 4) is 5.75 Å². The van der Waals surface area contributed by atoms with Crippen LogP contribution in [0.25, 0.3) is 0 Å². The average Bonchev–Trinajstić information content (AvgIpc) is 2.74. The number of ether oxygens (including phenoxy) is 2. The summed E-state index contributed by atoms with van der Waals surface area (Å²) in [6, 6.07) is 16.9. The molecule has 0 atom stereocenters. The minimum atomic E-state index is -0.369. The second kappa shape index (κ2) is 9.54. The molecule has 2 aromatic carbocycles. The number of nitrogens with zero attached hydrogens (tertiary/aromatic N) is 2. The zero-order chi connectivity index (χ0) is 20.6. The lowest BCUT2D eigenvalue weighted by Gasteiger charge is -2.10. The van der Waals surface area contributed by atoms with Crippen molar-refractivity contribution in [3.63, 3.8) is 0 Å². The molecule has 0 fully saturated rings. The highest BCUT2D eigenvalue weighted by molar-refractivity contribution is 5.89. The summed E-state index contributed by atoms with van der Waals surface area (Å²) in [4.78, 5) is 20.5. The first-order valence-corrected chi connectivity index (χ1v) is 9.25. The summed E-state index contributed by atoms with van der Waals surface area (Å²) in [6.07, 6.45) is 0.866. The Labute approximate surface area is 170 Å². The van der Waals surface area contributed by atoms with E-state index in [1.54, 1.807) is 31.4 Å². The van der Waals surface area contributed by atoms with Crippen molar-refractivity contribution in [1.29, 1.82) is 0 Å². The number of methoxy groups -OCH3 is 2. The van der Waals surface area contributed by atoms with Crippen molar-refractivity contribution in [2.75, 3.05) is 31.4 Å². The van der Waals surface area contributed by atoms with Crippen LogP contribution in [0.1, 0.15) is 21.6 Å². The molecule has 7 nitrogen and oxygen atoms in total. The van der Waals surface area contributed by atoms with E-state index in [0.29, 0.717) is 11.5 Å². The highest BCUT2D eigenvalue weighted by atomic mass is 16.5. The Morgan fingerprint density at radius 1 is 1.00 bits per heavy atom. The summed E-state index contributed by atoms with van der Waals surface area (Å²) in [7, 11) is 3.02. The largest absolute Gasteiger partial charge is 0.497 e. The zero-order valence-corrected chi connectivity index (χ0v) is 16.7. The number of carbonyl (C=O) groups excluding carboxylic acids is 1. The molecule has 3 rings (SSSR count). The van der Waals surface area contributed by atoms with E-state index in [9.17, 15) is 4.79 Å². The molecule has 0 aliphatic rings. The molecule has 0 spiro atoms. The normalized spacial score (nSPS) is 10.3. The molecule has 3 aromatic rings. The highest BCUT2D eigenvalue weighted by Gasteiger charge is 2.06. The molecule has 0 aliphatic carbocycles. The lowest BCUT2D eigenvalue weighted by molar-refractivity contribution is 0.0601. The van der Waals surface area contributed by atoms with Crippen LogP contribution < -0.4 is 15.4 Å². The Morgan fingerprint density at radius 3 is 2.38 bits per heavy atom. The number of hydrogen-bond acceptors (Lipinski definition) is 7. The predicted octanol–water partition coefficient (Wildman–Crippen LogP) is 3.98. The molecule has 0 saturated carbocycles. The van der Waals surface area contributed by atoms with Crippen LogP contribution in [0, 0.1) is 6.92 Å². The van der Waals surface area contributed by atoms with Gasteiger partial charge in [-0.2, -0.15) is 4.98 Å². The average molecular weight is 392 g/mol. The van der Waals surface area contributed by atoms with E-state index < -0.39 is 0 Å². The van der Waals surface area contributed by atoms with Gasteiger partial charge in [0, 0.05) is 24.0 Å². The second-order valence-electron chi connectivity index (χ2n) is 6.44. The lowest BCUT2D eigenvalue weighted by Crippen LogP contribution is -2.09. The molecule has 1 aromatic heterocycles. The lowest BCUT2D eigenvalue weighted by atomic mass is 10.1. The number of aromatic nitrogens is 2. The maximum atomic E-state index is 11.5. The quantitative estimate of drug-likeness (QED) is 0.561. The molecular weight excluding hydrogens is 368 g/mol. The number of carbonyl (C=O) groups is 1. The van der Waals surface area contributed by atoms with E-state index in [1.165, 1.54) is 12.7 Å². The minimum Gasteiger partial charge on any atom is -0.497 e. The van der Waals surface area contributed by atoms with E-state index in [4.69, 9.17) is 9.47 Å². The molecule has 0 radical (unpaired) electrons. The molecule has 7 heteroatoms. The van der Waals surface area contributed by atoms with Gasteiger partial charge in [-0.05, 0) is 55.3 Å². The van der Waals surface area contributed by atoms with Crippen LogP contribution >= 0.6 is 0 Å². The molecule has 150 valence electrons. The molecule has 0 aliphatic heterocycles. The summed E-state index contributed by atoms with van der Waals surface area (Å²) in [6.45, 7) is 2.66. The van der Waals surface area contributed by atoms with Gasteiger partial charge in [-0.15, -0.1) is 0 Å². The standard InChI is InChI=1S/C22H24N4O3/c1-15-14-20(23-13-12-16-4-10-19(28-2)11-5-16)26-22(24-15)25-18-8-6-17(7-9-18)21(27)29-3/h4-11,14H,12-13H2,1-3H3,(H2,23,24,25,26). The van der Waals surface area contributed by atoms with Crippen molar-refractivity contribution in [2.24, 2.45) is 0 Å². The van der Waals surface area contributed by atoms with Crippen LogP contribution in [-0.4, -0.2) is 36.7 Å². The molecule has 1 heterocycles. The first-order valence-electron chi connectivity index (χ1n) is 9.25. The third kappa shape index (κ3) is 5.68. The number of esters is 1. The minimum absolute atomic E-state index is 0.369. The van der Waals surface area contributed by atoms with Crippen molar-refractivity contribution in [1.82, 2.24) is 9.97 Å². The molecule has 0 unspecified atom stereocenters. The number of hydrogen-bond donors (Lipinski definition) is 2. The molecule has 0 amide bonds. The molecule has 29 heavy (non-hydrogen) atoms. The summed E-state index contributed by atoms with van der Waals surface area (Å²) in [5, 5.41) is 6.50. The monoisotopic (exact) mass is 392 g/mol. The fourth-order valence-corrected chi connectivity index (χ4v) is 2.78. The van der Waals surface area contributed by atoms with Crippen molar-refractivity contribution in [2.45, 2.75) is 13.3 Å². The fraction of sp³-hybridized carbons (Fsp3) is 0.227. The van der Waals surface area contributed by atoms with Crippen molar-refractivity contribution >= 4 is 23.4 Å². The van der Waals surface area contributed by atoms with Gasteiger partial charge >= 0.3 is 5.97 Å². The Hall–Kier alpha value is -3.61. The van der Waals surface area contributed by atoms with Gasteiger partial charge in [0.1, 0.15) is 11.6 Å². The van der Waals surface area contributed by atoms with Gasteiger partial charge in [0.15, 0.2) is 0 Å². The molecule has 2 N–H and O–H groups in total. The van der Waals surface area contributed by atoms with E-state index in [2.05, 4.69) is 32.7 Å². The van der Waals surface area contributed by atoms with Gasteiger partial charge in [0.25, 0.3) is 0 Å². The van der Waals surface area contributed by atoms with E-state index >= 15 is 0 Å². The van der Waals surface area contributed by atoms with Gasteiger partial charge in [0.05, 0.1) is 19.8 Å². The summed E-state index contributed by atoms with van der Waals surface area (Å²) >= 11 is 0. The van der Waals surface area contributed by atoms with Crippen LogP contribution in [0.5, 0.6) is 5.75 Å². The topological polar surface area (TPSA) is 85.4 Å². The summed E-state index contributed by atoms with van der Waals surface area (Å²) < 4.78 is 9.89. The third-order valence-corrected chi connectivity index (χ3v) is 4.30. The Kier molecular flexibility index (Phi) is 6.63. The van der Waals surface area contributed by atoms with Crippen LogP contribution in [0.2, 0.25) is 0 Å². The van der Waals surface area contributed by atoms with E-state index in [0.717, 1.165) is 35.9 Å². The van der Waals surface area contributed by atoms with Gasteiger partial charge < -0.3 is 20.1 Å². The zero-order valence-electron chi connectivity index (χ0n) is 16.7. The van der Waals surface area contributed by atoms with Gasteiger partial charge in [-0.3, -0.25) is 0 Å². The number of aryl methyl sites for hydroxylation is 1. The Morgan fingerprint density at radius 2 is 1.72 bits per heavy atom. The van der Waals surface area contributed by atoms with Crippen LogP contribution in [-0.2, 0) is 11.2 Å². The fourth-order valence-electron chi connectivity index (χ4n) is 2.78. The van der Waals surface area contributed by atoms with Crippen molar-refractivity contribution < 1.29 is 14.3 Å². The molecule has 0 saturated heterocycles. The molecule has 0 bridgehead atoms. The van der Waals surface area contributed by atoms with E-state index in [-0.39, 0.29) is 5.97 Å².